The maximum Gasteiger partial charge on any atom is 0.329 e. The van der Waals surface area contributed by atoms with Crippen molar-refractivity contribution in [3.63, 3.8) is 0 Å². The van der Waals surface area contributed by atoms with Crippen LogP contribution in [-0.4, -0.2) is 55.0 Å². The van der Waals surface area contributed by atoms with Crippen LogP contribution in [0.2, 0.25) is 0 Å². The summed E-state index contributed by atoms with van der Waals surface area (Å²) in [6.07, 6.45) is 1.63. The molecule has 0 aromatic rings. The number of carbonyl (C=O) groups is 1. The van der Waals surface area contributed by atoms with Crippen molar-refractivity contribution in [2.45, 2.75) is 18.9 Å². The molecular formula is C9H16FNO3. The molecular weight excluding hydrogens is 189 g/mol. The van der Waals surface area contributed by atoms with Crippen molar-refractivity contribution in [2.75, 3.05) is 32.9 Å². The third-order valence-corrected chi connectivity index (χ3v) is 2.38. The first-order chi connectivity index (χ1) is 6.72. The Balaban J connectivity index is 2.12. The first-order valence-corrected chi connectivity index (χ1v) is 4.84. The molecule has 0 atom stereocenters. The van der Waals surface area contributed by atoms with Gasteiger partial charge in [0.1, 0.15) is 13.3 Å². The normalized spacial score (nSPS) is 19.8. The zero-order valence-electron chi connectivity index (χ0n) is 8.12. The second-order valence-corrected chi connectivity index (χ2v) is 3.43. The second-order valence-electron chi connectivity index (χ2n) is 3.43. The number of likely N-dealkylation sites (tertiary alicyclic amines) is 1. The van der Waals surface area contributed by atoms with Crippen LogP contribution < -0.4 is 0 Å². The van der Waals surface area contributed by atoms with E-state index in [-0.39, 0.29) is 19.4 Å². The first-order valence-electron chi connectivity index (χ1n) is 4.84. The molecule has 0 amide bonds. The SMILES string of the molecule is O=C(O)COC1CCN(CCF)CC1. The number of aliphatic carboxylic acids is 1. The van der Waals surface area contributed by atoms with E-state index in [4.69, 9.17) is 9.84 Å². The number of hydrogen-bond donors (Lipinski definition) is 1. The van der Waals surface area contributed by atoms with Crippen LogP contribution in [0.1, 0.15) is 12.8 Å². The third kappa shape index (κ3) is 4.02. The van der Waals surface area contributed by atoms with E-state index in [2.05, 4.69) is 0 Å². The molecule has 1 rings (SSSR count). The third-order valence-electron chi connectivity index (χ3n) is 2.38. The van der Waals surface area contributed by atoms with Gasteiger partial charge < -0.3 is 14.7 Å². The highest BCUT2D eigenvalue weighted by Gasteiger charge is 2.19. The molecule has 4 nitrogen and oxygen atoms in total. The van der Waals surface area contributed by atoms with Crippen LogP contribution in [-0.2, 0) is 9.53 Å². The molecule has 0 aromatic carbocycles. The second kappa shape index (κ2) is 5.93. The number of carboxylic acids is 1. The van der Waals surface area contributed by atoms with Crippen LogP contribution in [0.15, 0.2) is 0 Å². The van der Waals surface area contributed by atoms with Crippen molar-refractivity contribution in [3.8, 4) is 0 Å². The van der Waals surface area contributed by atoms with E-state index >= 15 is 0 Å². The molecule has 1 saturated heterocycles. The van der Waals surface area contributed by atoms with Gasteiger partial charge in [-0.05, 0) is 12.8 Å². The smallest absolute Gasteiger partial charge is 0.329 e. The van der Waals surface area contributed by atoms with Crippen LogP contribution in [0.5, 0.6) is 0 Å². The van der Waals surface area contributed by atoms with Gasteiger partial charge in [0.15, 0.2) is 0 Å². The largest absolute Gasteiger partial charge is 0.480 e. The summed E-state index contributed by atoms with van der Waals surface area (Å²) < 4.78 is 17.1. The van der Waals surface area contributed by atoms with Gasteiger partial charge in [-0.2, -0.15) is 0 Å². The number of rotatable bonds is 5. The van der Waals surface area contributed by atoms with E-state index in [1.54, 1.807) is 0 Å². The maximum atomic E-state index is 12.0. The summed E-state index contributed by atoms with van der Waals surface area (Å²) in [6, 6.07) is 0. The molecule has 1 fully saturated rings. The number of nitrogens with zero attached hydrogens (tertiary/aromatic N) is 1. The summed E-state index contributed by atoms with van der Waals surface area (Å²) in [6.45, 7) is 1.53. The highest BCUT2D eigenvalue weighted by atomic mass is 19.1. The summed E-state index contributed by atoms with van der Waals surface area (Å²) in [5.41, 5.74) is 0. The summed E-state index contributed by atoms with van der Waals surface area (Å²) in [7, 11) is 0. The fourth-order valence-electron chi connectivity index (χ4n) is 1.61. The van der Waals surface area contributed by atoms with Crippen LogP contribution in [0.25, 0.3) is 0 Å². The lowest BCUT2D eigenvalue weighted by Crippen LogP contribution is -2.38. The van der Waals surface area contributed by atoms with E-state index in [0.717, 1.165) is 25.9 Å². The van der Waals surface area contributed by atoms with Gasteiger partial charge in [0, 0.05) is 19.6 Å². The average molecular weight is 205 g/mol. The predicted octanol–water partition coefficient (Wildman–Crippen LogP) is 0.521. The van der Waals surface area contributed by atoms with Gasteiger partial charge in [0.25, 0.3) is 0 Å². The highest BCUT2D eigenvalue weighted by molar-refractivity contribution is 5.68. The van der Waals surface area contributed by atoms with Gasteiger partial charge >= 0.3 is 5.97 Å². The molecule has 0 spiro atoms. The van der Waals surface area contributed by atoms with Gasteiger partial charge in [-0.1, -0.05) is 0 Å². The van der Waals surface area contributed by atoms with Gasteiger partial charge in [-0.15, -0.1) is 0 Å². The molecule has 0 radical (unpaired) electrons. The van der Waals surface area contributed by atoms with Crippen molar-refractivity contribution >= 4 is 5.97 Å². The van der Waals surface area contributed by atoms with E-state index < -0.39 is 5.97 Å². The highest BCUT2D eigenvalue weighted by Crippen LogP contribution is 2.13. The van der Waals surface area contributed by atoms with E-state index in [1.165, 1.54) is 0 Å². The van der Waals surface area contributed by atoms with Crippen molar-refractivity contribution in [1.82, 2.24) is 4.90 Å². The molecule has 0 aromatic heterocycles. The molecule has 5 heteroatoms. The number of alkyl halides is 1. The summed E-state index contributed by atoms with van der Waals surface area (Å²) >= 11 is 0. The molecule has 0 unspecified atom stereocenters. The maximum absolute atomic E-state index is 12.0. The number of halogens is 1. The Kier molecular flexibility index (Phi) is 4.82. The van der Waals surface area contributed by atoms with E-state index in [0.29, 0.717) is 6.54 Å². The lowest BCUT2D eigenvalue weighted by atomic mass is 10.1. The monoisotopic (exact) mass is 205 g/mol. The summed E-state index contributed by atoms with van der Waals surface area (Å²) in [5.74, 6) is -0.934. The van der Waals surface area contributed by atoms with Crippen molar-refractivity contribution in [1.29, 1.82) is 0 Å². The molecule has 1 heterocycles. The molecule has 1 aliphatic heterocycles. The molecule has 0 saturated carbocycles. The number of carboxylic acid groups (broad SMARTS) is 1. The minimum atomic E-state index is -0.934. The quantitative estimate of drug-likeness (QED) is 0.711. The standard InChI is InChI=1S/C9H16FNO3/c10-3-6-11-4-1-8(2-5-11)14-7-9(12)13/h8H,1-7H2,(H,12,13). The van der Waals surface area contributed by atoms with Crippen LogP contribution in [0.3, 0.4) is 0 Å². The van der Waals surface area contributed by atoms with Gasteiger partial charge in [0.05, 0.1) is 6.10 Å². The first kappa shape index (κ1) is 11.4. The van der Waals surface area contributed by atoms with Crippen molar-refractivity contribution < 1.29 is 19.0 Å². The molecule has 1 N–H and O–H groups in total. The Morgan fingerprint density at radius 1 is 1.50 bits per heavy atom. The molecule has 14 heavy (non-hydrogen) atoms. The number of piperidine rings is 1. The topological polar surface area (TPSA) is 49.8 Å². The van der Waals surface area contributed by atoms with Crippen molar-refractivity contribution in [3.05, 3.63) is 0 Å². The van der Waals surface area contributed by atoms with Crippen LogP contribution >= 0.6 is 0 Å². The minimum absolute atomic E-state index is 0.0296. The fraction of sp³-hybridized carbons (Fsp3) is 0.889. The number of ether oxygens (including phenoxy) is 1. The van der Waals surface area contributed by atoms with Gasteiger partial charge in [0.2, 0.25) is 0 Å². The zero-order chi connectivity index (χ0) is 10.4. The Hall–Kier alpha value is -0.680. The van der Waals surface area contributed by atoms with Crippen LogP contribution in [0, 0.1) is 0 Å². The lowest BCUT2D eigenvalue weighted by molar-refractivity contribution is -0.145. The van der Waals surface area contributed by atoms with E-state index in [1.807, 2.05) is 4.90 Å². The van der Waals surface area contributed by atoms with E-state index in [9.17, 15) is 9.18 Å². The minimum Gasteiger partial charge on any atom is -0.480 e. The zero-order valence-corrected chi connectivity index (χ0v) is 8.12. The Labute approximate surface area is 82.6 Å². The van der Waals surface area contributed by atoms with Gasteiger partial charge in [-0.25, -0.2) is 9.18 Å². The summed E-state index contributed by atoms with van der Waals surface area (Å²) in [4.78, 5) is 12.3. The summed E-state index contributed by atoms with van der Waals surface area (Å²) in [5, 5.41) is 8.40. The van der Waals surface area contributed by atoms with Gasteiger partial charge in [-0.3, -0.25) is 0 Å². The lowest BCUT2D eigenvalue weighted by Gasteiger charge is -2.30. The molecule has 82 valence electrons. The Morgan fingerprint density at radius 2 is 2.14 bits per heavy atom. The van der Waals surface area contributed by atoms with Crippen molar-refractivity contribution in [2.24, 2.45) is 0 Å². The Morgan fingerprint density at radius 3 is 2.64 bits per heavy atom. The Bertz CT molecular complexity index is 181. The molecule has 0 aliphatic carbocycles. The predicted molar refractivity (Wildman–Crippen MR) is 49.0 cm³/mol. The molecule has 0 bridgehead atoms. The fourth-order valence-corrected chi connectivity index (χ4v) is 1.61. The molecule has 1 aliphatic rings. The van der Waals surface area contributed by atoms with Crippen LogP contribution in [0.4, 0.5) is 4.39 Å². The average Bonchev–Trinajstić information content (AvgIpc) is 2.17. The number of hydrogen-bond acceptors (Lipinski definition) is 3.